The lowest BCUT2D eigenvalue weighted by Gasteiger charge is -2.22. The first-order chi connectivity index (χ1) is 14.0. The highest BCUT2D eigenvalue weighted by Gasteiger charge is 2.19. The summed E-state index contributed by atoms with van der Waals surface area (Å²) in [5.74, 6) is 0.996. The minimum Gasteiger partial charge on any atom is -0.454 e. The Bertz CT molecular complexity index is 1130. The number of carbonyl (C=O) groups is 1. The van der Waals surface area contributed by atoms with E-state index < -0.39 is 0 Å². The molecule has 150 valence electrons. The highest BCUT2D eigenvalue weighted by molar-refractivity contribution is 6.30. The Morgan fingerprint density at radius 1 is 1.21 bits per heavy atom. The number of H-pyrrole nitrogens is 1. The van der Waals surface area contributed by atoms with Crippen molar-refractivity contribution in [3.63, 3.8) is 0 Å². The predicted octanol–water partition coefficient (Wildman–Crippen LogP) is 3.20. The lowest BCUT2D eigenvalue weighted by atomic mass is 10.1. The maximum atomic E-state index is 13.0. The molecule has 2 aromatic carbocycles. The van der Waals surface area contributed by atoms with E-state index in [0.29, 0.717) is 46.3 Å². The molecule has 29 heavy (non-hydrogen) atoms. The highest BCUT2D eigenvalue weighted by atomic mass is 35.5. The van der Waals surface area contributed by atoms with Gasteiger partial charge in [-0.1, -0.05) is 17.7 Å². The number of methoxy groups -OCH3 is 1. The molecule has 0 atom stereocenters. The maximum absolute atomic E-state index is 13.0. The molecule has 0 spiro atoms. The summed E-state index contributed by atoms with van der Waals surface area (Å²) in [4.78, 5) is 30.1. The number of ether oxygens (including phenoxy) is 3. The molecule has 0 saturated heterocycles. The number of halogens is 1. The molecule has 0 fully saturated rings. The Balaban J connectivity index is 1.67. The SMILES string of the molecule is COCCN(Cc1cc2cc3c(cc2[nH]c1=O)OCO3)C(=O)c1cccc(Cl)c1. The first-order valence-electron chi connectivity index (χ1n) is 9.04. The van der Waals surface area contributed by atoms with Crippen LogP contribution < -0.4 is 15.0 Å². The number of rotatable bonds is 6. The lowest BCUT2D eigenvalue weighted by molar-refractivity contribution is 0.0680. The van der Waals surface area contributed by atoms with E-state index in [2.05, 4.69) is 4.98 Å². The smallest absolute Gasteiger partial charge is 0.254 e. The third-order valence-electron chi connectivity index (χ3n) is 4.70. The second kappa shape index (κ2) is 8.14. The zero-order chi connectivity index (χ0) is 20.4. The highest BCUT2D eigenvalue weighted by Crippen LogP contribution is 2.35. The van der Waals surface area contributed by atoms with E-state index in [-0.39, 0.29) is 24.8 Å². The number of pyridine rings is 1. The van der Waals surface area contributed by atoms with Crippen LogP contribution in [-0.2, 0) is 11.3 Å². The Morgan fingerprint density at radius 2 is 2.00 bits per heavy atom. The first kappa shape index (κ1) is 19.3. The van der Waals surface area contributed by atoms with Gasteiger partial charge < -0.3 is 24.1 Å². The summed E-state index contributed by atoms with van der Waals surface area (Å²) in [6, 6.07) is 12.0. The van der Waals surface area contributed by atoms with Gasteiger partial charge >= 0.3 is 0 Å². The van der Waals surface area contributed by atoms with Crippen LogP contribution in [0.3, 0.4) is 0 Å². The second-order valence-electron chi connectivity index (χ2n) is 6.65. The summed E-state index contributed by atoms with van der Waals surface area (Å²) in [7, 11) is 1.56. The van der Waals surface area contributed by atoms with Crippen molar-refractivity contribution in [2.24, 2.45) is 0 Å². The number of aromatic amines is 1. The van der Waals surface area contributed by atoms with Crippen molar-refractivity contribution in [2.75, 3.05) is 27.1 Å². The van der Waals surface area contributed by atoms with E-state index in [1.54, 1.807) is 48.4 Å². The molecule has 1 N–H and O–H groups in total. The number of hydrogen-bond acceptors (Lipinski definition) is 5. The van der Waals surface area contributed by atoms with Crippen LogP contribution in [0.2, 0.25) is 5.02 Å². The number of fused-ring (bicyclic) bond motifs is 2. The Kier molecular flexibility index (Phi) is 5.42. The molecule has 0 radical (unpaired) electrons. The molecule has 3 aromatic rings. The van der Waals surface area contributed by atoms with Gasteiger partial charge in [-0.2, -0.15) is 0 Å². The molecule has 1 amide bonds. The molecule has 7 nitrogen and oxygen atoms in total. The predicted molar refractivity (Wildman–Crippen MR) is 109 cm³/mol. The van der Waals surface area contributed by atoms with E-state index in [0.717, 1.165) is 5.39 Å². The summed E-state index contributed by atoms with van der Waals surface area (Å²) in [5.41, 5.74) is 1.29. The third-order valence-corrected chi connectivity index (χ3v) is 4.93. The van der Waals surface area contributed by atoms with Crippen LogP contribution in [0.4, 0.5) is 0 Å². The van der Waals surface area contributed by atoms with E-state index in [1.807, 2.05) is 6.07 Å². The first-order valence-corrected chi connectivity index (χ1v) is 9.42. The van der Waals surface area contributed by atoms with Crippen LogP contribution in [0.25, 0.3) is 10.9 Å². The molecule has 0 aliphatic carbocycles. The van der Waals surface area contributed by atoms with Crippen molar-refractivity contribution in [2.45, 2.75) is 6.54 Å². The molecule has 1 aliphatic rings. The molecule has 4 rings (SSSR count). The lowest BCUT2D eigenvalue weighted by Crippen LogP contribution is -2.35. The van der Waals surface area contributed by atoms with Gasteiger partial charge in [0.1, 0.15) is 0 Å². The number of aromatic nitrogens is 1. The van der Waals surface area contributed by atoms with Crippen LogP contribution in [0.15, 0.2) is 47.3 Å². The van der Waals surface area contributed by atoms with E-state index >= 15 is 0 Å². The van der Waals surface area contributed by atoms with Gasteiger partial charge in [0.2, 0.25) is 6.79 Å². The average Bonchev–Trinajstić information content (AvgIpc) is 3.16. The largest absolute Gasteiger partial charge is 0.454 e. The molecule has 2 heterocycles. The number of nitrogens with one attached hydrogen (secondary N) is 1. The van der Waals surface area contributed by atoms with Crippen molar-refractivity contribution < 1.29 is 19.0 Å². The molecule has 1 aliphatic heterocycles. The number of benzene rings is 2. The second-order valence-corrected chi connectivity index (χ2v) is 7.08. The molecular formula is C21H19ClN2O5. The molecule has 0 bridgehead atoms. The van der Waals surface area contributed by atoms with Gasteiger partial charge in [-0.05, 0) is 30.3 Å². The third kappa shape index (κ3) is 4.06. The van der Waals surface area contributed by atoms with Crippen LogP contribution in [-0.4, -0.2) is 42.8 Å². The molecule has 0 saturated carbocycles. The summed E-state index contributed by atoms with van der Waals surface area (Å²) >= 11 is 6.02. The van der Waals surface area contributed by atoms with Gasteiger partial charge in [0, 0.05) is 41.3 Å². The molecule has 1 aromatic heterocycles. The molecule has 8 heteroatoms. The summed E-state index contributed by atoms with van der Waals surface area (Å²) in [5, 5.41) is 1.27. The van der Waals surface area contributed by atoms with E-state index in [1.165, 1.54) is 0 Å². The average molecular weight is 415 g/mol. The van der Waals surface area contributed by atoms with Crippen LogP contribution in [0.5, 0.6) is 11.5 Å². The van der Waals surface area contributed by atoms with Gasteiger partial charge in [-0.15, -0.1) is 0 Å². The number of hydrogen-bond donors (Lipinski definition) is 1. The van der Waals surface area contributed by atoms with E-state index in [4.69, 9.17) is 25.8 Å². The van der Waals surface area contributed by atoms with Crippen LogP contribution >= 0.6 is 11.6 Å². The summed E-state index contributed by atoms with van der Waals surface area (Å²) < 4.78 is 15.9. The number of nitrogens with zero attached hydrogens (tertiary/aromatic N) is 1. The molecular weight excluding hydrogens is 396 g/mol. The summed E-state index contributed by atoms with van der Waals surface area (Å²) in [6.45, 7) is 0.965. The maximum Gasteiger partial charge on any atom is 0.254 e. The minimum absolute atomic E-state index is 0.133. The van der Waals surface area contributed by atoms with Crippen molar-refractivity contribution in [3.8, 4) is 11.5 Å². The quantitative estimate of drug-likeness (QED) is 0.670. The fraction of sp³-hybridized carbons (Fsp3) is 0.238. The number of carbonyl (C=O) groups excluding carboxylic acids is 1. The standard InChI is InChI=1S/C21H19ClN2O5/c1-27-6-5-24(21(26)13-3-2-4-16(22)8-13)11-15-7-14-9-18-19(29-12-28-18)10-17(14)23-20(15)25/h2-4,7-10H,5-6,11-12H2,1H3,(H,23,25). The van der Waals surface area contributed by atoms with Crippen molar-refractivity contribution >= 4 is 28.4 Å². The van der Waals surface area contributed by atoms with Gasteiger partial charge in [0.25, 0.3) is 11.5 Å². The monoisotopic (exact) mass is 414 g/mol. The zero-order valence-electron chi connectivity index (χ0n) is 15.7. The van der Waals surface area contributed by atoms with Gasteiger partial charge in [-0.3, -0.25) is 9.59 Å². The topological polar surface area (TPSA) is 80.9 Å². The van der Waals surface area contributed by atoms with Gasteiger partial charge in [0.05, 0.1) is 18.7 Å². The van der Waals surface area contributed by atoms with Crippen molar-refractivity contribution in [1.29, 1.82) is 0 Å². The van der Waals surface area contributed by atoms with Crippen molar-refractivity contribution in [1.82, 2.24) is 9.88 Å². The van der Waals surface area contributed by atoms with Crippen LogP contribution in [0, 0.1) is 0 Å². The Labute approximate surface area is 171 Å². The fourth-order valence-electron chi connectivity index (χ4n) is 3.22. The van der Waals surface area contributed by atoms with Crippen molar-refractivity contribution in [3.05, 3.63) is 69.0 Å². The van der Waals surface area contributed by atoms with Gasteiger partial charge in [-0.25, -0.2) is 0 Å². The van der Waals surface area contributed by atoms with Crippen LogP contribution in [0.1, 0.15) is 15.9 Å². The van der Waals surface area contributed by atoms with Gasteiger partial charge in [0.15, 0.2) is 11.5 Å². The molecule has 0 unspecified atom stereocenters. The number of amides is 1. The van der Waals surface area contributed by atoms with E-state index in [9.17, 15) is 9.59 Å². The minimum atomic E-state index is -0.266. The fourth-order valence-corrected chi connectivity index (χ4v) is 3.41. The summed E-state index contributed by atoms with van der Waals surface area (Å²) in [6.07, 6.45) is 0. The Hall–Kier alpha value is -3.03. The zero-order valence-corrected chi connectivity index (χ0v) is 16.5. The normalized spacial score (nSPS) is 12.3. The Morgan fingerprint density at radius 3 is 2.76 bits per heavy atom.